The zero-order valence-electron chi connectivity index (χ0n) is 15.4. The van der Waals surface area contributed by atoms with E-state index in [9.17, 15) is 4.39 Å². The number of hydrogen-bond donors (Lipinski definition) is 2. The number of fused-ring (bicyclic) bond motifs is 1. The first-order valence-corrected chi connectivity index (χ1v) is 8.72. The van der Waals surface area contributed by atoms with Gasteiger partial charge in [-0.3, -0.25) is 0 Å². The molecule has 0 radical (unpaired) electrons. The fourth-order valence-electron chi connectivity index (χ4n) is 3.18. The zero-order chi connectivity index (χ0) is 17.9. The van der Waals surface area contributed by atoms with Crippen LogP contribution in [0.5, 0.6) is 0 Å². The van der Waals surface area contributed by atoms with Gasteiger partial charge in [-0.2, -0.15) is 0 Å². The van der Waals surface area contributed by atoms with Crippen LogP contribution in [-0.4, -0.2) is 28.2 Å². The van der Waals surface area contributed by atoms with Crippen molar-refractivity contribution < 1.29 is 8.91 Å². The SMILES string of the molecule is Cc1nc2c(c(NCc3cc(-c4ccccc4F)no3)n1)CCNCC2.Cl.Cl. The van der Waals surface area contributed by atoms with Gasteiger partial charge in [-0.05, 0) is 32.0 Å². The van der Waals surface area contributed by atoms with Crippen LogP contribution in [0, 0.1) is 12.7 Å². The monoisotopic (exact) mass is 425 g/mol. The molecule has 150 valence electrons. The first-order chi connectivity index (χ1) is 12.7. The van der Waals surface area contributed by atoms with Gasteiger partial charge < -0.3 is 15.2 Å². The Morgan fingerprint density at radius 2 is 1.93 bits per heavy atom. The smallest absolute Gasteiger partial charge is 0.156 e. The Bertz CT molecular complexity index is 934. The van der Waals surface area contributed by atoms with Crippen molar-refractivity contribution in [1.82, 2.24) is 20.4 Å². The second-order valence-electron chi connectivity index (χ2n) is 6.31. The van der Waals surface area contributed by atoms with Crippen LogP contribution >= 0.6 is 24.8 Å². The summed E-state index contributed by atoms with van der Waals surface area (Å²) in [7, 11) is 0. The van der Waals surface area contributed by atoms with E-state index < -0.39 is 0 Å². The summed E-state index contributed by atoms with van der Waals surface area (Å²) in [6.45, 7) is 4.16. The van der Waals surface area contributed by atoms with Crippen molar-refractivity contribution in [3.63, 3.8) is 0 Å². The fraction of sp³-hybridized carbons (Fsp3) is 0.316. The van der Waals surface area contributed by atoms with E-state index in [1.54, 1.807) is 24.3 Å². The lowest BCUT2D eigenvalue weighted by Crippen LogP contribution is -2.16. The summed E-state index contributed by atoms with van der Waals surface area (Å²) in [6.07, 6.45) is 1.78. The maximum absolute atomic E-state index is 13.9. The molecule has 0 aliphatic carbocycles. The molecule has 0 bridgehead atoms. The van der Waals surface area contributed by atoms with Gasteiger partial charge in [0, 0.05) is 30.2 Å². The molecule has 0 unspecified atom stereocenters. The minimum Gasteiger partial charge on any atom is -0.362 e. The van der Waals surface area contributed by atoms with Gasteiger partial charge in [0.05, 0.1) is 12.2 Å². The van der Waals surface area contributed by atoms with Crippen LogP contribution in [0.1, 0.15) is 22.8 Å². The molecule has 0 saturated heterocycles. The van der Waals surface area contributed by atoms with E-state index in [0.29, 0.717) is 23.6 Å². The third kappa shape index (κ3) is 4.79. The second kappa shape index (κ2) is 9.82. The predicted octanol–water partition coefficient (Wildman–Crippen LogP) is 3.72. The van der Waals surface area contributed by atoms with Crippen molar-refractivity contribution >= 4 is 30.6 Å². The standard InChI is InChI=1S/C19H20FN5O.2ClH/c1-12-23-17-7-9-21-8-6-15(17)19(24-12)22-11-13-10-18(25-26-13)14-4-2-3-5-16(14)20;;/h2-5,10,21H,6-9,11H2,1H3,(H,22,23,24);2*1H. The summed E-state index contributed by atoms with van der Waals surface area (Å²) in [4.78, 5) is 9.12. The van der Waals surface area contributed by atoms with Crippen LogP contribution in [0.3, 0.4) is 0 Å². The van der Waals surface area contributed by atoms with Gasteiger partial charge >= 0.3 is 0 Å². The van der Waals surface area contributed by atoms with E-state index >= 15 is 0 Å². The number of hydrogen-bond acceptors (Lipinski definition) is 6. The van der Waals surface area contributed by atoms with Gasteiger partial charge in [0.2, 0.25) is 0 Å². The van der Waals surface area contributed by atoms with Gasteiger partial charge in [-0.25, -0.2) is 14.4 Å². The molecule has 9 heteroatoms. The molecule has 0 amide bonds. The molecule has 1 aliphatic rings. The van der Waals surface area contributed by atoms with E-state index in [1.807, 2.05) is 6.92 Å². The Kier molecular flexibility index (Phi) is 7.74. The number of nitrogens with zero attached hydrogens (tertiary/aromatic N) is 3. The highest BCUT2D eigenvalue weighted by molar-refractivity contribution is 5.85. The van der Waals surface area contributed by atoms with Gasteiger partial charge in [-0.1, -0.05) is 17.3 Å². The second-order valence-corrected chi connectivity index (χ2v) is 6.31. The lowest BCUT2D eigenvalue weighted by Gasteiger charge is -2.12. The maximum Gasteiger partial charge on any atom is 0.156 e. The number of halogens is 3. The zero-order valence-corrected chi connectivity index (χ0v) is 17.0. The van der Waals surface area contributed by atoms with Crippen LogP contribution in [0.4, 0.5) is 10.2 Å². The van der Waals surface area contributed by atoms with Crippen molar-refractivity contribution in [2.24, 2.45) is 0 Å². The average molecular weight is 426 g/mol. The predicted molar refractivity (Wildman–Crippen MR) is 111 cm³/mol. The van der Waals surface area contributed by atoms with Crippen molar-refractivity contribution in [2.75, 3.05) is 18.4 Å². The Morgan fingerprint density at radius 1 is 1.14 bits per heavy atom. The summed E-state index contributed by atoms with van der Waals surface area (Å²) in [5.41, 5.74) is 3.16. The quantitative estimate of drug-likeness (QED) is 0.663. The summed E-state index contributed by atoms with van der Waals surface area (Å²) in [6, 6.07) is 8.27. The largest absolute Gasteiger partial charge is 0.362 e. The summed E-state index contributed by atoms with van der Waals surface area (Å²) in [5.74, 6) is 1.89. The van der Waals surface area contributed by atoms with Crippen molar-refractivity contribution in [1.29, 1.82) is 0 Å². The molecule has 3 aromatic rings. The minimum absolute atomic E-state index is 0. The highest BCUT2D eigenvalue weighted by atomic mass is 35.5. The molecule has 2 N–H and O–H groups in total. The van der Waals surface area contributed by atoms with Gasteiger partial charge in [-0.15, -0.1) is 24.8 Å². The Morgan fingerprint density at radius 3 is 2.75 bits per heavy atom. The summed E-state index contributed by atoms with van der Waals surface area (Å²) < 4.78 is 19.2. The first-order valence-electron chi connectivity index (χ1n) is 8.72. The Balaban J connectivity index is 0.00000140. The number of anilines is 1. The molecule has 2 aromatic heterocycles. The molecule has 1 aliphatic heterocycles. The maximum atomic E-state index is 13.9. The van der Waals surface area contributed by atoms with Crippen molar-refractivity contribution in [2.45, 2.75) is 26.3 Å². The average Bonchev–Trinajstić information content (AvgIpc) is 2.97. The van der Waals surface area contributed by atoms with Crippen molar-refractivity contribution in [3.05, 3.63) is 59.0 Å². The molecule has 4 rings (SSSR count). The number of nitrogens with one attached hydrogen (secondary N) is 2. The third-order valence-corrected chi connectivity index (χ3v) is 4.43. The molecule has 6 nitrogen and oxygen atoms in total. The highest BCUT2D eigenvalue weighted by Crippen LogP contribution is 2.24. The third-order valence-electron chi connectivity index (χ3n) is 4.43. The van der Waals surface area contributed by atoms with Crippen LogP contribution in [0.15, 0.2) is 34.9 Å². The van der Waals surface area contributed by atoms with E-state index in [-0.39, 0.29) is 30.6 Å². The molecule has 0 fully saturated rings. The molecule has 0 atom stereocenters. The molecular formula is C19H22Cl2FN5O. The van der Waals surface area contributed by atoms with Crippen LogP contribution in [-0.2, 0) is 19.4 Å². The highest BCUT2D eigenvalue weighted by Gasteiger charge is 2.16. The lowest BCUT2D eigenvalue weighted by atomic mass is 10.1. The molecule has 3 heterocycles. The first kappa shape index (κ1) is 22.1. The lowest BCUT2D eigenvalue weighted by molar-refractivity contribution is 0.389. The summed E-state index contributed by atoms with van der Waals surface area (Å²) in [5, 5.41) is 10.7. The van der Waals surface area contributed by atoms with Crippen LogP contribution < -0.4 is 10.6 Å². The Labute approximate surface area is 175 Å². The van der Waals surface area contributed by atoms with Gasteiger partial charge in [0.15, 0.2) is 5.76 Å². The normalized spacial score (nSPS) is 12.9. The van der Waals surface area contributed by atoms with Crippen LogP contribution in [0.25, 0.3) is 11.3 Å². The van der Waals surface area contributed by atoms with E-state index in [2.05, 4.69) is 25.8 Å². The number of aryl methyl sites for hydroxylation is 1. The van der Waals surface area contributed by atoms with E-state index in [4.69, 9.17) is 4.52 Å². The Hall–Kier alpha value is -2.22. The van der Waals surface area contributed by atoms with Gasteiger partial charge in [0.1, 0.15) is 23.2 Å². The summed E-state index contributed by atoms with van der Waals surface area (Å²) >= 11 is 0. The molecule has 0 saturated carbocycles. The topological polar surface area (TPSA) is 75.9 Å². The van der Waals surface area contributed by atoms with E-state index in [0.717, 1.165) is 48.8 Å². The number of aromatic nitrogens is 3. The molecular weight excluding hydrogens is 404 g/mol. The van der Waals surface area contributed by atoms with E-state index in [1.165, 1.54) is 6.07 Å². The molecule has 0 spiro atoms. The van der Waals surface area contributed by atoms with Gasteiger partial charge in [0.25, 0.3) is 0 Å². The molecule has 1 aromatic carbocycles. The van der Waals surface area contributed by atoms with Crippen LogP contribution in [0.2, 0.25) is 0 Å². The number of benzene rings is 1. The molecule has 28 heavy (non-hydrogen) atoms. The minimum atomic E-state index is -0.315. The van der Waals surface area contributed by atoms with Crippen molar-refractivity contribution in [3.8, 4) is 11.3 Å². The number of rotatable bonds is 4. The fourth-order valence-corrected chi connectivity index (χ4v) is 3.18.